The fraction of sp³-hybridized carbons (Fsp3) is 0.571. The van der Waals surface area contributed by atoms with Crippen molar-refractivity contribution in [2.75, 3.05) is 13.1 Å². The van der Waals surface area contributed by atoms with Crippen molar-refractivity contribution in [2.24, 2.45) is 5.73 Å². The quantitative estimate of drug-likeness (QED) is 0.843. The summed E-state index contributed by atoms with van der Waals surface area (Å²) in [6.07, 6.45) is 5.24. The monoisotopic (exact) mass is 234 g/mol. The van der Waals surface area contributed by atoms with Gasteiger partial charge in [-0.1, -0.05) is 25.0 Å². The summed E-state index contributed by atoms with van der Waals surface area (Å²) in [5, 5.41) is 9.94. The number of phenolic OH excluding ortho intramolecular Hbond substituents is 1. The number of hydrogen-bond acceptors (Lipinski definition) is 3. The van der Waals surface area contributed by atoms with E-state index in [1.807, 2.05) is 12.1 Å². The second-order valence-electron chi connectivity index (χ2n) is 4.86. The van der Waals surface area contributed by atoms with E-state index in [0.29, 0.717) is 12.3 Å². The van der Waals surface area contributed by atoms with Crippen molar-refractivity contribution >= 4 is 0 Å². The Bertz CT molecular complexity index is 357. The molecule has 0 aromatic heterocycles. The normalized spacial score (nSPS) is 17.9. The van der Waals surface area contributed by atoms with Crippen LogP contribution in [0.4, 0.5) is 0 Å². The van der Waals surface area contributed by atoms with Gasteiger partial charge in [-0.2, -0.15) is 0 Å². The number of likely N-dealkylation sites (tertiary alicyclic amines) is 1. The van der Waals surface area contributed by atoms with E-state index >= 15 is 0 Å². The van der Waals surface area contributed by atoms with E-state index in [2.05, 4.69) is 4.90 Å². The fourth-order valence-corrected chi connectivity index (χ4v) is 2.41. The van der Waals surface area contributed by atoms with Gasteiger partial charge >= 0.3 is 0 Å². The van der Waals surface area contributed by atoms with Crippen molar-refractivity contribution in [2.45, 2.75) is 38.8 Å². The summed E-state index contributed by atoms with van der Waals surface area (Å²) in [5.41, 5.74) is 7.56. The van der Waals surface area contributed by atoms with Gasteiger partial charge in [-0.15, -0.1) is 0 Å². The lowest BCUT2D eigenvalue weighted by Crippen LogP contribution is -2.24. The molecule has 17 heavy (non-hydrogen) atoms. The predicted molar refractivity (Wildman–Crippen MR) is 69.7 cm³/mol. The van der Waals surface area contributed by atoms with Crippen LogP contribution in [0.1, 0.15) is 36.8 Å². The molecule has 1 fully saturated rings. The van der Waals surface area contributed by atoms with Crippen LogP contribution in [0, 0.1) is 0 Å². The van der Waals surface area contributed by atoms with E-state index in [1.54, 1.807) is 6.07 Å². The maximum Gasteiger partial charge on any atom is 0.120 e. The third kappa shape index (κ3) is 3.45. The van der Waals surface area contributed by atoms with E-state index in [0.717, 1.165) is 30.8 Å². The molecule has 0 aliphatic carbocycles. The molecule has 1 aliphatic rings. The summed E-state index contributed by atoms with van der Waals surface area (Å²) < 4.78 is 0. The van der Waals surface area contributed by atoms with Crippen LogP contribution in [0.3, 0.4) is 0 Å². The van der Waals surface area contributed by atoms with E-state index in [-0.39, 0.29) is 0 Å². The number of hydrogen-bond donors (Lipinski definition) is 2. The third-order valence-corrected chi connectivity index (χ3v) is 3.48. The molecule has 0 amide bonds. The molecule has 94 valence electrons. The first-order valence-electron chi connectivity index (χ1n) is 6.53. The zero-order chi connectivity index (χ0) is 12.1. The maximum absolute atomic E-state index is 9.94. The molecule has 1 aromatic rings. The van der Waals surface area contributed by atoms with Gasteiger partial charge < -0.3 is 10.8 Å². The SMILES string of the molecule is NCc1ccc(CN2CCCCCC2)c(O)c1. The smallest absolute Gasteiger partial charge is 0.120 e. The molecule has 3 N–H and O–H groups in total. The first-order valence-corrected chi connectivity index (χ1v) is 6.53. The molecule has 1 saturated heterocycles. The minimum atomic E-state index is 0.386. The lowest BCUT2D eigenvalue weighted by atomic mass is 10.1. The molecule has 0 unspecified atom stereocenters. The molecule has 1 aromatic carbocycles. The minimum Gasteiger partial charge on any atom is -0.508 e. The zero-order valence-electron chi connectivity index (χ0n) is 10.4. The highest BCUT2D eigenvalue weighted by atomic mass is 16.3. The van der Waals surface area contributed by atoms with Crippen LogP contribution in [-0.2, 0) is 13.1 Å². The molecule has 1 heterocycles. The summed E-state index contributed by atoms with van der Waals surface area (Å²) in [5.74, 6) is 0.386. The maximum atomic E-state index is 9.94. The Hall–Kier alpha value is -1.06. The number of benzene rings is 1. The first kappa shape index (κ1) is 12.4. The molecule has 0 saturated carbocycles. The van der Waals surface area contributed by atoms with E-state index < -0.39 is 0 Å². The van der Waals surface area contributed by atoms with Crippen LogP contribution in [0.15, 0.2) is 18.2 Å². The third-order valence-electron chi connectivity index (χ3n) is 3.48. The van der Waals surface area contributed by atoms with Crippen molar-refractivity contribution in [3.63, 3.8) is 0 Å². The molecule has 0 atom stereocenters. The van der Waals surface area contributed by atoms with Crippen molar-refractivity contribution < 1.29 is 5.11 Å². The van der Waals surface area contributed by atoms with Crippen LogP contribution in [-0.4, -0.2) is 23.1 Å². The molecule has 3 heteroatoms. The summed E-state index contributed by atoms with van der Waals surface area (Å²) in [6, 6.07) is 5.79. The Labute approximate surface area is 103 Å². The summed E-state index contributed by atoms with van der Waals surface area (Å²) in [7, 11) is 0. The highest BCUT2D eigenvalue weighted by Gasteiger charge is 2.11. The average molecular weight is 234 g/mol. The Balaban J connectivity index is 2.01. The Morgan fingerprint density at radius 1 is 1.12 bits per heavy atom. The van der Waals surface area contributed by atoms with E-state index in [1.165, 1.54) is 25.7 Å². The Morgan fingerprint density at radius 3 is 2.41 bits per heavy atom. The van der Waals surface area contributed by atoms with Gasteiger partial charge in [0.25, 0.3) is 0 Å². The number of aromatic hydroxyl groups is 1. The lowest BCUT2D eigenvalue weighted by Gasteiger charge is -2.20. The molecule has 3 nitrogen and oxygen atoms in total. The van der Waals surface area contributed by atoms with Crippen LogP contribution < -0.4 is 5.73 Å². The molecule has 0 bridgehead atoms. The fourth-order valence-electron chi connectivity index (χ4n) is 2.41. The van der Waals surface area contributed by atoms with Crippen LogP contribution in [0.2, 0.25) is 0 Å². The number of phenols is 1. The topological polar surface area (TPSA) is 49.5 Å². The van der Waals surface area contributed by atoms with E-state index in [9.17, 15) is 5.11 Å². The van der Waals surface area contributed by atoms with Gasteiger partial charge in [-0.05, 0) is 37.6 Å². The molecule has 0 spiro atoms. The molecular formula is C14H22N2O. The van der Waals surface area contributed by atoms with Gasteiger partial charge in [0.2, 0.25) is 0 Å². The van der Waals surface area contributed by atoms with Crippen molar-refractivity contribution in [3.8, 4) is 5.75 Å². The van der Waals surface area contributed by atoms with Crippen molar-refractivity contribution in [3.05, 3.63) is 29.3 Å². The molecular weight excluding hydrogens is 212 g/mol. The summed E-state index contributed by atoms with van der Waals surface area (Å²) >= 11 is 0. The highest BCUT2D eigenvalue weighted by molar-refractivity contribution is 5.36. The van der Waals surface area contributed by atoms with Crippen molar-refractivity contribution in [1.82, 2.24) is 4.90 Å². The van der Waals surface area contributed by atoms with Gasteiger partial charge in [0.05, 0.1) is 0 Å². The largest absolute Gasteiger partial charge is 0.508 e. The van der Waals surface area contributed by atoms with E-state index in [4.69, 9.17) is 5.73 Å². The van der Waals surface area contributed by atoms with Crippen LogP contribution in [0.25, 0.3) is 0 Å². The lowest BCUT2D eigenvalue weighted by molar-refractivity contribution is 0.273. The summed E-state index contributed by atoms with van der Waals surface area (Å²) in [4.78, 5) is 2.43. The van der Waals surface area contributed by atoms with Gasteiger partial charge in [-0.3, -0.25) is 4.90 Å². The number of nitrogens with two attached hydrogens (primary N) is 1. The highest BCUT2D eigenvalue weighted by Crippen LogP contribution is 2.22. The second kappa shape index (κ2) is 6.03. The molecule has 2 rings (SSSR count). The van der Waals surface area contributed by atoms with Crippen molar-refractivity contribution in [1.29, 1.82) is 0 Å². The Morgan fingerprint density at radius 2 is 1.82 bits per heavy atom. The second-order valence-corrected chi connectivity index (χ2v) is 4.86. The van der Waals surface area contributed by atoms with Gasteiger partial charge in [0, 0.05) is 18.7 Å². The first-order chi connectivity index (χ1) is 8.29. The number of rotatable bonds is 3. The predicted octanol–water partition coefficient (Wildman–Crippen LogP) is 2.23. The molecule has 1 aliphatic heterocycles. The molecule has 0 radical (unpaired) electrons. The van der Waals surface area contributed by atoms with Crippen LogP contribution >= 0.6 is 0 Å². The summed E-state index contributed by atoms with van der Waals surface area (Å²) in [6.45, 7) is 3.64. The van der Waals surface area contributed by atoms with Gasteiger partial charge in [0.1, 0.15) is 5.75 Å². The van der Waals surface area contributed by atoms with Gasteiger partial charge in [0.15, 0.2) is 0 Å². The standard InChI is InChI=1S/C14H22N2O/c15-10-12-5-6-13(14(17)9-12)11-16-7-3-1-2-4-8-16/h5-6,9,17H,1-4,7-8,10-11,15H2. The zero-order valence-corrected chi connectivity index (χ0v) is 10.4. The Kier molecular flexibility index (Phi) is 4.40. The minimum absolute atomic E-state index is 0.386. The van der Waals surface area contributed by atoms with Crippen LogP contribution in [0.5, 0.6) is 5.75 Å². The number of nitrogens with zero attached hydrogens (tertiary/aromatic N) is 1. The average Bonchev–Trinajstić information content (AvgIpc) is 2.60. The van der Waals surface area contributed by atoms with Gasteiger partial charge in [-0.25, -0.2) is 0 Å².